The van der Waals surface area contributed by atoms with Crippen molar-refractivity contribution in [1.82, 2.24) is 9.21 Å². The highest BCUT2D eigenvalue weighted by Crippen LogP contribution is 2.32. The van der Waals surface area contributed by atoms with E-state index in [0.29, 0.717) is 29.7 Å². The third kappa shape index (κ3) is 4.26. The maximum Gasteiger partial charge on any atom is 0.242 e. The molecule has 0 unspecified atom stereocenters. The van der Waals surface area contributed by atoms with Crippen LogP contribution >= 0.6 is 11.6 Å². The van der Waals surface area contributed by atoms with E-state index in [-0.39, 0.29) is 10.7 Å². The molecule has 4 nitrogen and oxygen atoms in total. The lowest BCUT2D eigenvalue weighted by Gasteiger charge is -2.23. The van der Waals surface area contributed by atoms with Crippen LogP contribution in [0.1, 0.15) is 24.0 Å². The molecule has 0 aromatic heterocycles. The fourth-order valence-corrected chi connectivity index (χ4v) is 4.09. The van der Waals surface area contributed by atoms with Gasteiger partial charge >= 0.3 is 0 Å². The van der Waals surface area contributed by atoms with Crippen LogP contribution in [0.3, 0.4) is 0 Å². The zero-order chi connectivity index (χ0) is 18.9. The van der Waals surface area contributed by atoms with E-state index >= 15 is 0 Å². The first-order valence-electron chi connectivity index (χ1n) is 8.47. The molecule has 0 saturated heterocycles. The minimum Gasteiger partial charge on any atom is -0.292 e. The summed E-state index contributed by atoms with van der Waals surface area (Å²) in [6.45, 7) is 0.951. The van der Waals surface area contributed by atoms with Crippen LogP contribution in [-0.2, 0) is 23.1 Å². The smallest absolute Gasteiger partial charge is 0.242 e. The quantitative estimate of drug-likeness (QED) is 0.712. The molecule has 0 aliphatic heterocycles. The lowest BCUT2D eigenvalue weighted by Crippen LogP contribution is -2.26. The van der Waals surface area contributed by atoms with Gasteiger partial charge in [-0.2, -0.15) is 0 Å². The summed E-state index contributed by atoms with van der Waals surface area (Å²) in [5.41, 5.74) is 1.37. The van der Waals surface area contributed by atoms with Gasteiger partial charge in [0.25, 0.3) is 0 Å². The number of rotatable bonds is 7. The molecule has 26 heavy (non-hydrogen) atoms. The molecule has 0 heterocycles. The lowest BCUT2D eigenvalue weighted by atomic mass is 10.1. The Morgan fingerprint density at radius 1 is 1.12 bits per heavy atom. The molecule has 0 amide bonds. The summed E-state index contributed by atoms with van der Waals surface area (Å²) in [4.78, 5) is 2.42. The second-order valence-corrected chi connectivity index (χ2v) is 9.33. The Kier molecular flexibility index (Phi) is 5.67. The molecule has 2 aromatic carbocycles. The fourth-order valence-electron chi connectivity index (χ4n) is 2.89. The average molecular weight is 397 g/mol. The Bertz CT molecular complexity index is 878. The van der Waals surface area contributed by atoms with Crippen molar-refractivity contribution in [3.63, 3.8) is 0 Å². The van der Waals surface area contributed by atoms with Crippen molar-refractivity contribution in [2.45, 2.75) is 36.9 Å². The number of hydrogen-bond acceptors (Lipinski definition) is 3. The molecule has 1 aliphatic rings. The number of sulfonamides is 1. The highest BCUT2D eigenvalue weighted by atomic mass is 35.5. The molecule has 0 atom stereocenters. The maximum absolute atomic E-state index is 14.1. The van der Waals surface area contributed by atoms with Gasteiger partial charge in [0, 0.05) is 43.8 Å². The summed E-state index contributed by atoms with van der Waals surface area (Å²) >= 11 is 6.17. The summed E-state index contributed by atoms with van der Waals surface area (Å²) < 4.78 is 40.0. The van der Waals surface area contributed by atoms with Gasteiger partial charge in [-0.1, -0.05) is 29.8 Å². The van der Waals surface area contributed by atoms with Gasteiger partial charge < -0.3 is 0 Å². The monoisotopic (exact) mass is 396 g/mol. The maximum atomic E-state index is 14.1. The minimum atomic E-state index is -3.48. The Morgan fingerprint density at radius 2 is 1.81 bits per heavy atom. The Labute approximate surface area is 159 Å². The zero-order valence-corrected chi connectivity index (χ0v) is 16.4. The van der Waals surface area contributed by atoms with Gasteiger partial charge in [-0.05, 0) is 42.7 Å². The molecular formula is C19H22ClFN2O2S. The van der Waals surface area contributed by atoms with Crippen LogP contribution in [0.15, 0.2) is 47.4 Å². The van der Waals surface area contributed by atoms with E-state index in [9.17, 15) is 12.8 Å². The van der Waals surface area contributed by atoms with Gasteiger partial charge in [0.2, 0.25) is 10.0 Å². The van der Waals surface area contributed by atoms with Crippen molar-refractivity contribution < 1.29 is 12.8 Å². The van der Waals surface area contributed by atoms with Crippen LogP contribution in [0.5, 0.6) is 0 Å². The second kappa shape index (κ2) is 7.64. The van der Waals surface area contributed by atoms with Crippen molar-refractivity contribution >= 4 is 21.6 Å². The van der Waals surface area contributed by atoms with Crippen LogP contribution in [-0.4, -0.2) is 37.8 Å². The first-order valence-corrected chi connectivity index (χ1v) is 10.3. The van der Waals surface area contributed by atoms with Gasteiger partial charge in [-0.15, -0.1) is 0 Å². The van der Waals surface area contributed by atoms with Gasteiger partial charge in [0.1, 0.15) is 5.82 Å². The van der Waals surface area contributed by atoms with Crippen molar-refractivity contribution in [3.8, 4) is 0 Å². The topological polar surface area (TPSA) is 40.6 Å². The highest BCUT2D eigenvalue weighted by molar-refractivity contribution is 7.89. The SMILES string of the molecule is CN(C)S(=O)(=O)c1cccc(CN(Cc2c(F)cccc2Cl)C2CC2)c1. The molecule has 0 bridgehead atoms. The van der Waals surface area contributed by atoms with E-state index in [1.807, 2.05) is 6.07 Å². The number of benzene rings is 2. The molecule has 7 heteroatoms. The first-order chi connectivity index (χ1) is 12.3. The minimum absolute atomic E-state index is 0.264. The predicted molar refractivity (Wildman–Crippen MR) is 101 cm³/mol. The first kappa shape index (κ1) is 19.3. The second-order valence-electron chi connectivity index (χ2n) is 6.77. The third-order valence-corrected chi connectivity index (χ3v) is 6.71. The molecule has 1 aliphatic carbocycles. The molecule has 0 radical (unpaired) electrons. The van der Waals surface area contributed by atoms with Gasteiger partial charge in [-0.25, -0.2) is 17.1 Å². The normalized spacial score (nSPS) is 15.0. The van der Waals surface area contributed by atoms with Crippen molar-refractivity contribution in [3.05, 3.63) is 64.4 Å². The Hall–Kier alpha value is -1.47. The van der Waals surface area contributed by atoms with E-state index in [2.05, 4.69) is 4.90 Å². The van der Waals surface area contributed by atoms with E-state index in [1.54, 1.807) is 30.3 Å². The summed E-state index contributed by atoms with van der Waals surface area (Å²) in [7, 11) is -0.453. The van der Waals surface area contributed by atoms with Gasteiger partial charge in [-0.3, -0.25) is 4.90 Å². The molecule has 2 aromatic rings. The van der Waals surface area contributed by atoms with Gasteiger partial charge in [0.05, 0.1) is 4.90 Å². The van der Waals surface area contributed by atoms with Crippen LogP contribution in [0.2, 0.25) is 5.02 Å². The summed E-state index contributed by atoms with van der Waals surface area (Å²) in [6, 6.07) is 12.0. The van der Waals surface area contributed by atoms with Crippen molar-refractivity contribution in [1.29, 1.82) is 0 Å². The number of hydrogen-bond donors (Lipinski definition) is 0. The highest BCUT2D eigenvalue weighted by Gasteiger charge is 2.30. The van der Waals surface area contributed by atoms with Crippen LogP contribution in [0, 0.1) is 5.82 Å². The molecule has 1 fully saturated rings. The summed E-state index contributed by atoms with van der Waals surface area (Å²) in [5.74, 6) is -0.313. The van der Waals surface area contributed by atoms with Crippen LogP contribution < -0.4 is 0 Å². The van der Waals surface area contributed by atoms with Gasteiger partial charge in [0.15, 0.2) is 0 Å². The molecule has 140 valence electrons. The molecule has 0 N–H and O–H groups in total. The molecule has 0 spiro atoms. The van der Waals surface area contributed by atoms with Crippen LogP contribution in [0.4, 0.5) is 4.39 Å². The van der Waals surface area contributed by atoms with Crippen LogP contribution in [0.25, 0.3) is 0 Å². The summed E-state index contributed by atoms with van der Waals surface area (Å²) in [6.07, 6.45) is 2.11. The Morgan fingerprint density at radius 3 is 2.42 bits per heavy atom. The number of halogens is 2. The zero-order valence-electron chi connectivity index (χ0n) is 14.8. The van der Waals surface area contributed by atoms with E-state index in [0.717, 1.165) is 18.4 Å². The molecular weight excluding hydrogens is 375 g/mol. The summed E-state index contributed by atoms with van der Waals surface area (Å²) in [5, 5.41) is 0.416. The fraction of sp³-hybridized carbons (Fsp3) is 0.368. The average Bonchev–Trinajstić information content (AvgIpc) is 3.42. The van der Waals surface area contributed by atoms with Crippen molar-refractivity contribution in [2.75, 3.05) is 14.1 Å². The van der Waals surface area contributed by atoms with E-state index in [4.69, 9.17) is 11.6 Å². The Balaban J connectivity index is 1.84. The van der Waals surface area contributed by atoms with E-state index in [1.165, 1.54) is 24.5 Å². The molecule has 3 rings (SSSR count). The van der Waals surface area contributed by atoms with Crippen molar-refractivity contribution in [2.24, 2.45) is 0 Å². The standard InChI is InChI=1S/C19H22ClFN2O2S/c1-22(2)26(24,25)16-6-3-5-14(11-16)12-23(15-9-10-15)13-17-18(20)7-4-8-19(17)21/h3-8,11,15H,9-10,12-13H2,1-2H3. The molecule has 1 saturated carbocycles. The largest absolute Gasteiger partial charge is 0.292 e. The lowest BCUT2D eigenvalue weighted by molar-refractivity contribution is 0.242. The third-order valence-electron chi connectivity index (χ3n) is 4.55. The predicted octanol–water partition coefficient (Wildman–Crippen LogP) is 3.89. The van der Waals surface area contributed by atoms with E-state index < -0.39 is 10.0 Å². The number of nitrogens with zero attached hydrogens (tertiary/aromatic N) is 2.